The Bertz CT molecular complexity index is 533. The van der Waals surface area contributed by atoms with E-state index in [9.17, 15) is 0 Å². The monoisotopic (exact) mass is 274 g/mol. The molecule has 0 aliphatic heterocycles. The van der Waals surface area contributed by atoms with E-state index < -0.39 is 0 Å². The van der Waals surface area contributed by atoms with Gasteiger partial charge in [-0.15, -0.1) is 11.3 Å². The Morgan fingerprint density at radius 3 is 2.95 bits per heavy atom. The maximum Gasteiger partial charge on any atom is 0.188 e. The van der Waals surface area contributed by atoms with Crippen LogP contribution >= 0.6 is 11.3 Å². The molecular weight excluding hydrogens is 256 g/mol. The van der Waals surface area contributed by atoms with E-state index in [2.05, 4.69) is 34.3 Å². The minimum atomic E-state index is 0.488. The van der Waals surface area contributed by atoms with Crippen molar-refractivity contribution in [2.24, 2.45) is 10.7 Å². The number of thiophene rings is 1. The van der Waals surface area contributed by atoms with Crippen molar-refractivity contribution in [3.05, 3.63) is 52.0 Å². The molecule has 0 unspecified atom stereocenters. The van der Waals surface area contributed by atoms with Gasteiger partial charge in [-0.05, 0) is 31.2 Å². The first-order valence-electron chi connectivity index (χ1n) is 6.23. The van der Waals surface area contributed by atoms with Crippen LogP contribution in [0.25, 0.3) is 0 Å². The third-order valence-electron chi connectivity index (χ3n) is 2.61. The molecule has 0 aliphatic carbocycles. The average molecular weight is 274 g/mol. The largest absolute Gasteiger partial charge is 0.370 e. The number of guanidine groups is 1. The van der Waals surface area contributed by atoms with Gasteiger partial charge < -0.3 is 11.1 Å². The second-order valence-corrected chi connectivity index (χ2v) is 5.58. The van der Waals surface area contributed by atoms with Crippen LogP contribution in [-0.4, -0.2) is 17.5 Å². The van der Waals surface area contributed by atoms with Crippen LogP contribution in [0.4, 0.5) is 0 Å². The molecule has 0 aromatic carbocycles. The van der Waals surface area contributed by atoms with E-state index in [1.165, 1.54) is 9.75 Å². The number of pyridine rings is 1. The summed E-state index contributed by atoms with van der Waals surface area (Å²) in [6.45, 7) is 3.48. The molecule has 100 valence electrons. The van der Waals surface area contributed by atoms with Crippen LogP contribution in [0.1, 0.15) is 15.4 Å². The summed E-state index contributed by atoms with van der Waals surface area (Å²) in [7, 11) is 0. The Balaban J connectivity index is 1.73. The van der Waals surface area contributed by atoms with Gasteiger partial charge in [-0.2, -0.15) is 0 Å². The lowest BCUT2D eigenvalue weighted by Crippen LogP contribution is -2.33. The predicted octanol–water partition coefficient (Wildman–Crippen LogP) is 2.10. The van der Waals surface area contributed by atoms with E-state index in [1.54, 1.807) is 17.5 Å². The molecule has 5 heteroatoms. The molecule has 0 bridgehead atoms. The van der Waals surface area contributed by atoms with Crippen molar-refractivity contribution >= 4 is 17.3 Å². The lowest BCUT2D eigenvalue weighted by atomic mass is 10.3. The maximum atomic E-state index is 5.82. The molecule has 19 heavy (non-hydrogen) atoms. The van der Waals surface area contributed by atoms with Crippen molar-refractivity contribution in [2.45, 2.75) is 19.9 Å². The molecular formula is C14H18N4S. The normalized spacial score (nSPS) is 11.5. The Morgan fingerprint density at radius 1 is 1.37 bits per heavy atom. The van der Waals surface area contributed by atoms with Gasteiger partial charge in [0.15, 0.2) is 5.96 Å². The van der Waals surface area contributed by atoms with E-state index >= 15 is 0 Å². The number of aromatic nitrogens is 1. The van der Waals surface area contributed by atoms with E-state index in [0.717, 1.165) is 18.7 Å². The fourth-order valence-corrected chi connectivity index (χ4v) is 2.47. The lowest BCUT2D eigenvalue weighted by molar-refractivity contribution is 0.828. The summed E-state index contributed by atoms with van der Waals surface area (Å²) in [5, 5.41) is 3.10. The third kappa shape index (κ3) is 4.71. The predicted molar refractivity (Wildman–Crippen MR) is 80.3 cm³/mol. The summed E-state index contributed by atoms with van der Waals surface area (Å²) in [6.07, 6.45) is 2.64. The van der Waals surface area contributed by atoms with Gasteiger partial charge in [0.05, 0.1) is 6.54 Å². The van der Waals surface area contributed by atoms with Crippen molar-refractivity contribution in [1.29, 1.82) is 0 Å². The number of rotatable bonds is 5. The Kier molecular flexibility index (Phi) is 4.92. The molecule has 0 fully saturated rings. The Labute approximate surface area is 117 Å². The number of nitrogens with zero attached hydrogens (tertiary/aromatic N) is 2. The molecule has 0 aliphatic rings. The van der Waals surface area contributed by atoms with Crippen molar-refractivity contribution in [3.8, 4) is 0 Å². The zero-order valence-corrected chi connectivity index (χ0v) is 11.8. The van der Waals surface area contributed by atoms with Gasteiger partial charge in [0, 0.05) is 34.6 Å². The molecule has 2 aromatic heterocycles. The van der Waals surface area contributed by atoms with Gasteiger partial charge in [0.25, 0.3) is 0 Å². The van der Waals surface area contributed by atoms with E-state index in [0.29, 0.717) is 12.5 Å². The highest BCUT2D eigenvalue weighted by atomic mass is 32.1. The molecule has 0 amide bonds. The topological polar surface area (TPSA) is 63.3 Å². The molecule has 0 radical (unpaired) electrons. The summed E-state index contributed by atoms with van der Waals surface area (Å²) < 4.78 is 0. The van der Waals surface area contributed by atoms with Crippen LogP contribution in [0.2, 0.25) is 0 Å². The van der Waals surface area contributed by atoms with Crippen molar-refractivity contribution < 1.29 is 0 Å². The zero-order valence-electron chi connectivity index (χ0n) is 11.0. The SMILES string of the molecule is Cc1ccc(CN=C(N)NCCc2ccccn2)s1. The van der Waals surface area contributed by atoms with Crippen LogP contribution in [0.15, 0.2) is 41.5 Å². The van der Waals surface area contributed by atoms with E-state index in [1.807, 2.05) is 18.2 Å². The molecule has 0 saturated carbocycles. The first-order chi connectivity index (χ1) is 9.24. The molecule has 4 nitrogen and oxygen atoms in total. The second kappa shape index (κ2) is 6.89. The first-order valence-corrected chi connectivity index (χ1v) is 7.05. The van der Waals surface area contributed by atoms with E-state index in [-0.39, 0.29) is 0 Å². The lowest BCUT2D eigenvalue weighted by Gasteiger charge is -2.04. The third-order valence-corrected chi connectivity index (χ3v) is 3.60. The highest BCUT2D eigenvalue weighted by Gasteiger charge is 1.97. The van der Waals surface area contributed by atoms with Crippen molar-refractivity contribution in [2.75, 3.05) is 6.54 Å². The average Bonchev–Trinajstić information content (AvgIpc) is 2.83. The van der Waals surface area contributed by atoms with Gasteiger partial charge in [0.2, 0.25) is 0 Å². The summed E-state index contributed by atoms with van der Waals surface area (Å²) >= 11 is 1.75. The van der Waals surface area contributed by atoms with Gasteiger partial charge in [-0.3, -0.25) is 4.98 Å². The first kappa shape index (κ1) is 13.5. The molecule has 0 atom stereocenters. The summed E-state index contributed by atoms with van der Waals surface area (Å²) in [5.41, 5.74) is 6.87. The molecule has 2 heterocycles. The number of nitrogens with two attached hydrogens (primary N) is 1. The number of hydrogen-bond donors (Lipinski definition) is 2. The van der Waals surface area contributed by atoms with E-state index in [4.69, 9.17) is 5.73 Å². The highest BCUT2D eigenvalue weighted by Crippen LogP contribution is 2.15. The van der Waals surface area contributed by atoms with Crippen LogP contribution in [0.5, 0.6) is 0 Å². The Morgan fingerprint density at radius 2 is 2.26 bits per heavy atom. The van der Waals surface area contributed by atoms with Gasteiger partial charge in [-0.1, -0.05) is 6.07 Å². The minimum Gasteiger partial charge on any atom is -0.370 e. The van der Waals surface area contributed by atoms with Gasteiger partial charge in [-0.25, -0.2) is 4.99 Å². The number of nitrogens with one attached hydrogen (secondary N) is 1. The molecule has 0 saturated heterocycles. The molecule has 2 aromatic rings. The van der Waals surface area contributed by atoms with Crippen LogP contribution in [0.3, 0.4) is 0 Å². The number of aliphatic imine (C=N–C) groups is 1. The van der Waals surface area contributed by atoms with Crippen LogP contribution < -0.4 is 11.1 Å². The fraction of sp³-hybridized carbons (Fsp3) is 0.286. The number of hydrogen-bond acceptors (Lipinski definition) is 3. The zero-order chi connectivity index (χ0) is 13.5. The smallest absolute Gasteiger partial charge is 0.188 e. The molecule has 3 N–H and O–H groups in total. The summed E-state index contributed by atoms with van der Waals surface area (Å²) in [5.74, 6) is 0.488. The standard InChI is InChI=1S/C14H18N4S/c1-11-5-6-13(19-11)10-18-14(15)17-9-7-12-4-2-3-8-16-12/h2-6,8H,7,9-10H2,1H3,(H3,15,17,18). The van der Waals surface area contributed by atoms with Crippen LogP contribution in [0, 0.1) is 6.92 Å². The molecule has 2 rings (SSSR count). The van der Waals surface area contributed by atoms with Crippen molar-refractivity contribution in [1.82, 2.24) is 10.3 Å². The van der Waals surface area contributed by atoms with Crippen molar-refractivity contribution in [3.63, 3.8) is 0 Å². The highest BCUT2D eigenvalue weighted by molar-refractivity contribution is 7.11. The maximum absolute atomic E-state index is 5.82. The van der Waals surface area contributed by atoms with Gasteiger partial charge >= 0.3 is 0 Å². The fourth-order valence-electron chi connectivity index (χ4n) is 1.65. The van der Waals surface area contributed by atoms with Gasteiger partial charge in [0.1, 0.15) is 0 Å². The quantitative estimate of drug-likeness (QED) is 0.648. The van der Waals surface area contributed by atoms with Crippen LogP contribution in [-0.2, 0) is 13.0 Å². The summed E-state index contributed by atoms with van der Waals surface area (Å²) in [6, 6.07) is 10.1. The number of aryl methyl sites for hydroxylation is 1. The molecule has 0 spiro atoms. The minimum absolute atomic E-state index is 0.488. The summed E-state index contributed by atoms with van der Waals surface area (Å²) in [4.78, 5) is 11.1. The second-order valence-electron chi connectivity index (χ2n) is 4.21. The Hall–Kier alpha value is -1.88.